The summed E-state index contributed by atoms with van der Waals surface area (Å²) in [5.41, 5.74) is 0. The Morgan fingerprint density at radius 3 is 2.76 bits per heavy atom. The van der Waals surface area contributed by atoms with Gasteiger partial charge in [-0.2, -0.15) is 0 Å². The van der Waals surface area contributed by atoms with Crippen LogP contribution in [0.5, 0.6) is 0 Å². The molecule has 2 atom stereocenters. The molecule has 2 aliphatic heterocycles. The highest BCUT2D eigenvalue weighted by Crippen LogP contribution is 2.21. The standard InChI is InChI=1S/C11H19NO4S/c13-11(12-7-10-2-1-4-16-10)6-9-3-5-17(14,15)8-9/h9-10H,1-8H2,(H,12,13). The first-order valence-corrected chi connectivity index (χ1v) is 7.96. The van der Waals surface area contributed by atoms with Gasteiger partial charge in [0.1, 0.15) is 0 Å². The molecule has 2 heterocycles. The summed E-state index contributed by atoms with van der Waals surface area (Å²) >= 11 is 0. The Morgan fingerprint density at radius 2 is 2.18 bits per heavy atom. The number of ether oxygens (including phenoxy) is 1. The lowest BCUT2D eigenvalue weighted by molar-refractivity contribution is -0.122. The van der Waals surface area contributed by atoms with Gasteiger partial charge < -0.3 is 10.1 Å². The molecule has 0 aromatic rings. The minimum absolute atomic E-state index is 0.00416. The van der Waals surface area contributed by atoms with Crippen molar-refractivity contribution in [1.82, 2.24) is 5.32 Å². The maximum Gasteiger partial charge on any atom is 0.220 e. The summed E-state index contributed by atoms with van der Waals surface area (Å²) < 4.78 is 27.9. The number of hydrogen-bond donors (Lipinski definition) is 1. The molecule has 1 N–H and O–H groups in total. The Labute approximate surface area is 102 Å². The summed E-state index contributed by atoms with van der Waals surface area (Å²) in [6.07, 6.45) is 3.15. The van der Waals surface area contributed by atoms with E-state index in [4.69, 9.17) is 4.74 Å². The molecule has 2 unspecified atom stereocenters. The van der Waals surface area contributed by atoms with Gasteiger partial charge in [0.25, 0.3) is 0 Å². The molecule has 2 aliphatic rings. The number of hydrogen-bond acceptors (Lipinski definition) is 4. The SMILES string of the molecule is O=C(CC1CCS(=O)(=O)C1)NCC1CCCO1. The van der Waals surface area contributed by atoms with Crippen LogP contribution >= 0.6 is 0 Å². The summed E-state index contributed by atoms with van der Waals surface area (Å²) in [7, 11) is -2.88. The van der Waals surface area contributed by atoms with Crippen LogP contribution < -0.4 is 5.32 Å². The minimum atomic E-state index is -2.88. The normalized spacial score (nSPS) is 31.5. The number of rotatable bonds is 4. The fraction of sp³-hybridized carbons (Fsp3) is 0.909. The van der Waals surface area contributed by atoms with Crippen LogP contribution in [0.2, 0.25) is 0 Å². The van der Waals surface area contributed by atoms with Gasteiger partial charge in [-0.1, -0.05) is 0 Å². The van der Waals surface area contributed by atoms with E-state index in [1.807, 2.05) is 0 Å². The molecule has 1 amide bonds. The van der Waals surface area contributed by atoms with E-state index >= 15 is 0 Å². The third kappa shape index (κ3) is 3.96. The van der Waals surface area contributed by atoms with Crippen molar-refractivity contribution < 1.29 is 17.9 Å². The van der Waals surface area contributed by atoms with Crippen molar-refractivity contribution >= 4 is 15.7 Å². The second-order valence-electron chi connectivity index (χ2n) is 4.91. The van der Waals surface area contributed by atoms with Crippen LogP contribution in [0, 0.1) is 5.92 Å². The van der Waals surface area contributed by atoms with Gasteiger partial charge >= 0.3 is 0 Å². The van der Waals surface area contributed by atoms with Crippen molar-refractivity contribution in [1.29, 1.82) is 0 Å². The number of carbonyl (C=O) groups excluding carboxylic acids is 1. The van der Waals surface area contributed by atoms with Gasteiger partial charge in [0, 0.05) is 19.6 Å². The van der Waals surface area contributed by atoms with Crippen LogP contribution in [0.15, 0.2) is 0 Å². The average molecular weight is 261 g/mol. The van der Waals surface area contributed by atoms with Crippen LogP contribution in [0.1, 0.15) is 25.7 Å². The Balaban J connectivity index is 1.67. The first kappa shape index (κ1) is 12.8. The molecule has 5 nitrogen and oxygen atoms in total. The predicted octanol–water partition coefficient (Wildman–Crippen LogP) is 0.106. The minimum Gasteiger partial charge on any atom is -0.376 e. The second-order valence-corrected chi connectivity index (χ2v) is 7.14. The first-order valence-electron chi connectivity index (χ1n) is 6.14. The summed E-state index contributed by atoms with van der Waals surface area (Å²) in [6.45, 7) is 1.33. The van der Waals surface area contributed by atoms with Gasteiger partial charge in [-0.05, 0) is 25.2 Å². The molecular weight excluding hydrogens is 242 g/mol. The quantitative estimate of drug-likeness (QED) is 0.779. The molecule has 6 heteroatoms. The van der Waals surface area contributed by atoms with Crippen molar-refractivity contribution in [2.24, 2.45) is 5.92 Å². The Bertz CT molecular complexity index is 373. The van der Waals surface area contributed by atoms with Gasteiger partial charge in [0.15, 0.2) is 9.84 Å². The molecular formula is C11H19NO4S. The molecule has 17 heavy (non-hydrogen) atoms. The van der Waals surface area contributed by atoms with E-state index in [1.54, 1.807) is 0 Å². The van der Waals surface area contributed by atoms with Gasteiger partial charge in [-0.3, -0.25) is 4.79 Å². The second kappa shape index (κ2) is 5.35. The average Bonchev–Trinajstić information content (AvgIpc) is 2.85. The van der Waals surface area contributed by atoms with Crippen molar-refractivity contribution in [2.75, 3.05) is 24.7 Å². The van der Waals surface area contributed by atoms with E-state index in [2.05, 4.69) is 5.32 Å². The Kier molecular flexibility index (Phi) is 4.04. The highest BCUT2D eigenvalue weighted by Gasteiger charge is 2.29. The fourth-order valence-electron chi connectivity index (χ4n) is 2.40. The lowest BCUT2D eigenvalue weighted by Gasteiger charge is -2.12. The largest absolute Gasteiger partial charge is 0.376 e. The molecule has 0 aromatic carbocycles. The van der Waals surface area contributed by atoms with Crippen LogP contribution in [0.3, 0.4) is 0 Å². The summed E-state index contributed by atoms with van der Waals surface area (Å²) in [5.74, 6) is 0.351. The summed E-state index contributed by atoms with van der Waals surface area (Å²) in [5, 5.41) is 2.82. The number of sulfone groups is 1. The van der Waals surface area contributed by atoms with Crippen molar-refractivity contribution in [3.05, 3.63) is 0 Å². The highest BCUT2D eigenvalue weighted by molar-refractivity contribution is 7.91. The van der Waals surface area contributed by atoms with E-state index < -0.39 is 9.84 Å². The van der Waals surface area contributed by atoms with Crippen molar-refractivity contribution in [2.45, 2.75) is 31.8 Å². The Morgan fingerprint density at radius 1 is 1.35 bits per heavy atom. The zero-order chi connectivity index (χ0) is 12.3. The molecule has 0 aliphatic carbocycles. The predicted molar refractivity (Wildman–Crippen MR) is 63.4 cm³/mol. The summed E-state index contributed by atoms with van der Waals surface area (Å²) in [4.78, 5) is 11.6. The van der Waals surface area contributed by atoms with E-state index in [1.165, 1.54) is 0 Å². The topological polar surface area (TPSA) is 72.5 Å². The van der Waals surface area contributed by atoms with Crippen LogP contribution in [0.25, 0.3) is 0 Å². The molecule has 2 rings (SSSR count). The number of nitrogens with one attached hydrogen (secondary N) is 1. The van der Waals surface area contributed by atoms with E-state index in [0.717, 1.165) is 19.4 Å². The van der Waals surface area contributed by atoms with Crippen LogP contribution in [-0.2, 0) is 19.4 Å². The van der Waals surface area contributed by atoms with Crippen LogP contribution in [0.4, 0.5) is 0 Å². The van der Waals surface area contributed by atoms with E-state index in [0.29, 0.717) is 19.4 Å². The van der Waals surface area contributed by atoms with Gasteiger partial charge in [0.05, 0.1) is 17.6 Å². The van der Waals surface area contributed by atoms with Gasteiger partial charge in [-0.15, -0.1) is 0 Å². The van der Waals surface area contributed by atoms with Gasteiger partial charge in [-0.25, -0.2) is 8.42 Å². The smallest absolute Gasteiger partial charge is 0.220 e. The number of carbonyl (C=O) groups is 1. The molecule has 0 spiro atoms. The van der Waals surface area contributed by atoms with E-state index in [9.17, 15) is 13.2 Å². The molecule has 2 saturated heterocycles. The lowest BCUT2D eigenvalue weighted by Crippen LogP contribution is -2.33. The van der Waals surface area contributed by atoms with E-state index in [-0.39, 0.29) is 29.4 Å². The lowest BCUT2D eigenvalue weighted by atomic mass is 10.1. The fourth-order valence-corrected chi connectivity index (χ4v) is 4.26. The Hall–Kier alpha value is -0.620. The molecule has 0 bridgehead atoms. The highest BCUT2D eigenvalue weighted by atomic mass is 32.2. The van der Waals surface area contributed by atoms with Crippen molar-refractivity contribution in [3.8, 4) is 0 Å². The number of amides is 1. The maximum absolute atomic E-state index is 11.6. The molecule has 2 fully saturated rings. The molecule has 0 saturated carbocycles. The monoisotopic (exact) mass is 261 g/mol. The zero-order valence-corrected chi connectivity index (χ0v) is 10.7. The maximum atomic E-state index is 11.6. The van der Waals surface area contributed by atoms with Crippen molar-refractivity contribution in [3.63, 3.8) is 0 Å². The summed E-state index contributed by atoms with van der Waals surface area (Å²) in [6, 6.07) is 0. The van der Waals surface area contributed by atoms with Gasteiger partial charge in [0.2, 0.25) is 5.91 Å². The third-order valence-electron chi connectivity index (χ3n) is 3.35. The molecule has 0 aromatic heterocycles. The molecule has 0 radical (unpaired) electrons. The third-order valence-corrected chi connectivity index (χ3v) is 5.19. The molecule has 98 valence electrons. The zero-order valence-electron chi connectivity index (χ0n) is 9.85. The first-order chi connectivity index (χ1) is 8.05. The van der Waals surface area contributed by atoms with Crippen LogP contribution in [-0.4, -0.2) is 45.1 Å².